The second-order valence-corrected chi connectivity index (χ2v) is 6.63. The van der Waals surface area contributed by atoms with Gasteiger partial charge in [-0.25, -0.2) is 4.39 Å². The maximum Gasteiger partial charge on any atom is 0.325 e. The Kier molecular flexibility index (Phi) is 7.70. The Bertz CT molecular complexity index is 868. The number of hydrogen-bond donors (Lipinski definition) is 1. The molecule has 2 rings (SSSR count). The van der Waals surface area contributed by atoms with Gasteiger partial charge in [0.15, 0.2) is 6.61 Å². The lowest BCUT2D eigenvalue weighted by atomic mass is 10.2. The van der Waals surface area contributed by atoms with Crippen LogP contribution in [-0.4, -0.2) is 57.0 Å². The van der Waals surface area contributed by atoms with Crippen molar-refractivity contribution in [3.63, 3.8) is 0 Å². The Hall–Kier alpha value is -3.42. The third-order valence-corrected chi connectivity index (χ3v) is 4.17. The zero-order chi connectivity index (χ0) is 21.4. The highest BCUT2D eigenvalue weighted by Gasteiger charge is 2.15. The summed E-state index contributed by atoms with van der Waals surface area (Å²) in [5, 5.41) is 2.26. The molecule has 0 fully saturated rings. The van der Waals surface area contributed by atoms with Crippen LogP contribution in [0.5, 0.6) is 0 Å². The topological polar surface area (TPSA) is 79.0 Å². The van der Waals surface area contributed by atoms with Crippen molar-refractivity contribution in [1.29, 1.82) is 0 Å². The Morgan fingerprint density at radius 1 is 1.00 bits per heavy atom. The van der Waals surface area contributed by atoms with Gasteiger partial charge < -0.3 is 19.9 Å². The zero-order valence-corrected chi connectivity index (χ0v) is 16.6. The van der Waals surface area contributed by atoms with Gasteiger partial charge in [-0.2, -0.15) is 0 Å². The number of carbonyl (C=O) groups is 3. The average molecular weight is 401 g/mol. The van der Waals surface area contributed by atoms with E-state index in [1.165, 1.54) is 23.1 Å². The number of carbonyl (C=O) groups excluding carboxylic acids is 3. The van der Waals surface area contributed by atoms with Crippen molar-refractivity contribution in [2.45, 2.75) is 6.54 Å². The van der Waals surface area contributed by atoms with Crippen molar-refractivity contribution in [3.05, 3.63) is 65.5 Å². The molecule has 29 heavy (non-hydrogen) atoms. The van der Waals surface area contributed by atoms with Crippen molar-refractivity contribution in [2.75, 3.05) is 39.2 Å². The monoisotopic (exact) mass is 401 g/mol. The fourth-order valence-corrected chi connectivity index (χ4v) is 2.46. The number of hydrogen-bond acceptors (Lipinski definition) is 5. The van der Waals surface area contributed by atoms with E-state index < -0.39 is 30.8 Å². The van der Waals surface area contributed by atoms with Gasteiger partial charge in [0.25, 0.3) is 11.8 Å². The Morgan fingerprint density at radius 2 is 1.66 bits per heavy atom. The molecule has 2 aromatic rings. The van der Waals surface area contributed by atoms with E-state index in [4.69, 9.17) is 4.74 Å². The van der Waals surface area contributed by atoms with Gasteiger partial charge in [0, 0.05) is 33.4 Å². The molecule has 0 aliphatic rings. The fourth-order valence-electron chi connectivity index (χ4n) is 2.46. The smallest absolute Gasteiger partial charge is 0.325 e. The lowest BCUT2D eigenvalue weighted by molar-refractivity contribution is -0.150. The lowest BCUT2D eigenvalue weighted by Crippen LogP contribution is -2.34. The molecule has 0 saturated carbocycles. The van der Waals surface area contributed by atoms with Crippen LogP contribution in [0.25, 0.3) is 0 Å². The standard InChI is InChI=1S/C21H24FN3O4/c1-24(2)16-10-8-15(9-11-16)13-25(3)19(26)14-29-20(27)12-23-21(28)17-6-4-5-7-18(17)22/h4-11H,12-14H2,1-3H3,(H,23,28). The number of nitrogens with one attached hydrogen (secondary N) is 1. The van der Waals surface area contributed by atoms with Crippen molar-refractivity contribution >= 4 is 23.5 Å². The molecule has 154 valence electrons. The maximum atomic E-state index is 13.5. The lowest BCUT2D eigenvalue weighted by Gasteiger charge is -2.18. The second-order valence-electron chi connectivity index (χ2n) is 6.63. The van der Waals surface area contributed by atoms with E-state index in [0.29, 0.717) is 6.54 Å². The molecular weight excluding hydrogens is 377 g/mol. The summed E-state index contributed by atoms with van der Waals surface area (Å²) in [6.45, 7) is -0.537. The molecule has 0 aliphatic heterocycles. The van der Waals surface area contributed by atoms with Crippen LogP contribution in [0.3, 0.4) is 0 Å². The normalized spacial score (nSPS) is 10.2. The van der Waals surface area contributed by atoms with Crippen LogP contribution >= 0.6 is 0 Å². The summed E-state index contributed by atoms with van der Waals surface area (Å²) in [7, 11) is 5.49. The molecule has 0 atom stereocenters. The molecule has 2 amide bonds. The molecule has 1 N–H and O–H groups in total. The highest BCUT2D eigenvalue weighted by Crippen LogP contribution is 2.13. The number of nitrogens with zero attached hydrogens (tertiary/aromatic N) is 2. The maximum absolute atomic E-state index is 13.5. The highest BCUT2D eigenvalue weighted by molar-refractivity contribution is 5.96. The van der Waals surface area contributed by atoms with Crippen molar-refractivity contribution < 1.29 is 23.5 Å². The van der Waals surface area contributed by atoms with Gasteiger partial charge in [0.2, 0.25) is 0 Å². The van der Waals surface area contributed by atoms with Gasteiger partial charge in [0.05, 0.1) is 5.56 Å². The molecule has 0 aromatic heterocycles. The minimum atomic E-state index is -0.785. The largest absolute Gasteiger partial charge is 0.454 e. The van der Waals surface area contributed by atoms with E-state index in [9.17, 15) is 18.8 Å². The molecule has 0 unspecified atom stereocenters. The molecule has 0 heterocycles. The van der Waals surface area contributed by atoms with Crippen molar-refractivity contribution in [1.82, 2.24) is 10.2 Å². The Balaban J connectivity index is 1.75. The number of amides is 2. The highest BCUT2D eigenvalue weighted by atomic mass is 19.1. The average Bonchev–Trinajstić information content (AvgIpc) is 2.70. The quantitative estimate of drug-likeness (QED) is 0.683. The van der Waals surface area contributed by atoms with Crippen molar-refractivity contribution in [3.8, 4) is 0 Å². The molecule has 8 heteroatoms. The third-order valence-electron chi connectivity index (χ3n) is 4.17. The van der Waals surface area contributed by atoms with Gasteiger partial charge in [-0.3, -0.25) is 14.4 Å². The van der Waals surface area contributed by atoms with Gasteiger partial charge in [0.1, 0.15) is 12.4 Å². The van der Waals surface area contributed by atoms with E-state index in [1.807, 2.05) is 43.3 Å². The van der Waals surface area contributed by atoms with Gasteiger partial charge in [-0.05, 0) is 29.8 Å². The summed E-state index contributed by atoms with van der Waals surface area (Å²) in [4.78, 5) is 39.1. The van der Waals surface area contributed by atoms with Crippen LogP contribution in [0.1, 0.15) is 15.9 Å². The van der Waals surface area contributed by atoms with E-state index in [2.05, 4.69) is 5.32 Å². The molecule has 0 aliphatic carbocycles. The summed E-state index contributed by atoms with van der Waals surface area (Å²) in [6.07, 6.45) is 0. The van der Waals surface area contributed by atoms with Crippen LogP contribution in [0.15, 0.2) is 48.5 Å². The summed E-state index contributed by atoms with van der Waals surface area (Å²) >= 11 is 0. The van der Waals surface area contributed by atoms with Gasteiger partial charge in [-0.1, -0.05) is 24.3 Å². The number of benzene rings is 2. The minimum Gasteiger partial charge on any atom is -0.454 e. The fraction of sp³-hybridized carbons (Fsp3) is 0.286. The summed E-state index contributed by atoms with van der Waals surface area (Å²) in [5.74, 6) is -2.58. The SMILES string of the molecule is CN(Cc1ccc(N(C)C)cc1)C(=O)COC(=O)CNC(=O)c1ccccc1F. The second kappa shape index (κ2) is 10.2. The van der Waals surface area contributed by atoms with Crippen LogP contribution in [0, 0.1) is 5.82 Å². The zero-order valence-electron chi connectivity index (χ0n) is 16.6. The summed E-state index contributed by atoms with van der Waals surface area (Å²) < 4.78 is 18.4. The molecule has 2 aromatic carbocycles. The number of ether oxygens (including phenoxy) is 1. The minimum absolute atomic E-state index is 0.170. The first-order chi connectivity index (χ1) is 13.8. The third kappa shape index (κ3) is 6.60. The van der Waals surface area contributed by atoms with Gasteiger partial charge in [-0.15, -0.1) is 0 Å². The number of halogens is 1. The first kappa shape index (κ1) is 21.9. The number of rotatable bonds is 8. The van der Waals surface area contributed by atoms with Crippen LogP contribution in [0.4, 0.5) is 10.1 Å². The molecule has 0 radical (unpaired) electrons. The number of anilines is 1. The number of likely N-dealkylation sites (N-methyl/N-ethyl adjacent to an activating group) is 1. The van der Waals surface area contributed by atoms with E-state index >= 15 is 0 Å². The first-order valence-electron chi connectivity index (χ1n) is 8.96. The van der Waals surface area contributed by atoms with Crippen LogP contribution in [-0.2, 0) is 20.9 Å². The molecule has 0 saturated heterocycles. The first-order valence-corrected chi connectivity index (χ1v) is 8.96. The van der Waals surface area contributed by atoms with Crippen molar-refractivity contribution in [2.24, 2.45) is 0 Å². The van der Waals surface area contributed by atoms with Crippen LogP contribution in [0.2, 0.25) is 0 Å². The van der Waals surface area contributed by atoms with E-state index in [0.717, 1.165) is 17.3 Å². The predicted octanol–water partition coefficient (Wildman–Crippen LogP) is 1.82. The molecule has 7 nitrogen and oxygen atoms in total. The molecule has 0 bridgehead atoms. The van der Waals surface area contributed by atoms with E-state index in [-0.39, 0.29) is 11.5 Å². The predicted molar refractivity (Wildman–Crippen MR) is 107 cm³/mol. The number of esters is 1. The molecular formula is C21H24FN3O4. The molecule has 0 spiro atoms. The Morgan fingerprint density at radius 3 is 2.28 bits per heavy atom. The van der Waals surface area contributed by atoms with E-state index in [1.54, 1.807) is 7.05 Å². The summed E-state index contributed by atoms with van der Waals surface area (Å²) in [5.41, 5.74) is 1.82. The Labute approximate surface area is 169 Å². The van der Waals surface area contributed by atoms with Gasteiger partial charge >= 0.3 is 5.97 Å². The van der Waals surface area contributed by atoms with Crippen LogP contribution < -0.4 is 10.2 Å². The summed E-state index contributed by atoms with van der Waals surface area (Å²) in [6, 6.07) is 13.2.